The summed E-state index contributed by atoms with van der Waals surface area (Å²) in [4.78, 5) is 10.3. The van der Waals surface area contributed by atoms with E-state index in [4.69, 9.17) is 5.11 Å². The van der Waals surface area contributed by atoms with E-state index in [2.05, 4.69) is 4.72 Å². The molecule has 2 aliphatic rings. The molecule has 2 rings (SSSR count). The maximum absolute atomic E-state index is 11.7. The number of carbonyl (C=O) groups is 1. The van der Waals surface area contributed by atoms with Gasteiger partial charge in [0.05, 0.1) is 0 Å². The minimum absolute atomic E-state index is 0.0845. The Morgan fingerprint density at radius 2 is 2.20 bits per heavy atom. The summed E-state index contributed by atoms with van der Waals surface area (Å²) in [6, 6.07) is 0.0845. The Labute approximate surface area is 88.4 Å². The van der Waals surface area contributed by atoms with Gasteiger partial charge < -0.3 is 5.11 Å². The molecule has 2 fully saturated rings. The summed E-state index contributed by atoms with van der Waals surface area (Å²) in [6.45, 7) is -0.00413. The van der Waals surface area contributed by atoms with Gasteiger partial charge in [-0.05, 0) is 25.2 Å². The van der Waals surface area contributed by atoms with Crippen LogP contribution in [0.15, 0.2) is 0 Å². The fourth-order valence-electron chi connectivity index (χ4n) is 2.41. The van der Waals surface area contributed by atoms with Crippen LogP contribution >= 0.6 is 0 Å². The molecular weight excluding hydrogens is 220 g/mol. The summed E-state index contributed by atoms with van der Waals surface area (Å²) in [5, 5.41) is 8.41. The van der Waals surface area contributed by atoms with E-state index in [1.807, 2.05) is 0 Å². The first-order valence-corrected chi connectivity index (χ1v) is 6.41. The molecule has 1 aliphatic heterocycles. The van der Waals surface area contributed by atoms with Crippen LogP contribution in [0.1, 0.15) is 19.3 Å². The second kappa shape index (κ2) is 3.73. The average molecular weight is 234 g/mol. The van der Waals surface area contributed by atoms with E-state index in [1.165, 1.54) is 4.31 Å². The van der Waals surface area contributed by atoms with Crippen LogP contribution in [-0.4, -0.2) is 42.9 Å². The molecule has 2 atom stereocenters. The fraction of sp³-hybridized carbons (Fsp3) is 0.875. The number of fused-ring (bicyclic) bond motifs is 2. The highest BCUT2D eigenvalue weighted by Crippen LogP contribution is 2.38. The third-order valence-electron chi connectivity index (χ3n) is 3.07. The van der Waals surface area contributed by atoms with Crippen molar-refractivity contribution in [2.45, 2.75) is 25.3 Å². The maximum atomic E-state index is 11.7. The molecule has 0 amide bonds. The largest absolute Gasteiger partial charge is 0.480 e. The van der Waals surface area contributed by atoms with Crippen molar-refractivity contribution in [3.8, 4) is 0 Å². The maximum Gasteiger partial charge on any atom is 0.318 e. The summed E-state index contributed by atoms with van der Waals surface area (Å²) in [5.41, 5.74) is 0. The summed E-state index contributed by atoms with van der Waals surface area (Å²) >= 11 is 0. The molecule has 0 aromatic carbocycles. The van der Waals surface area contributed by atoms with Gasteiger partial charge in [0.2, 0.25) is 0 Å². The number of aliphatic carboxylic acids is 1. The number of carboxylic acid groups (broad SMARTS) is 1. The lowest BCUT2D eigenvalue weighted by Crippen LogP contribution is -2.46. The molecule has 6 nitrogen and oxygen atoms in total. The molecule has 2 N–H and O–H groups in total. The summed E-state index contributed by atoms with van der Waals surface area (Å²) < 4.78 is 26.8. The summed E-state index contributed by atoms with van der Waals surface area (Å²) in [6.07, 6.45) is 2.92. The van der Waals surface area contributed by atoms with Crippen molar-refractivity contribution in [2.24, 2.45) is 5.92 Å². The van der Waals surface area contributed by atoms with Gasteiger partial charge in [0, 0.05) is 12.6 Å². The van der Waals surface area contributed by atoms with Gasteiger partial charge in [0.25, 0.3) is 10.2 Å². The molecule has 0 aromatic rings. The predicted molar refractivity (Wildman–Crippen MR) is 52.4 cm³/mol. The lowest BCUT2D eigenvalue weighted by atomic mass is 10.1. The molecule has 2 bridgehead atoms. The van der Waals surface area contributed by atoms with Gasteiger partial charge in [-0.2, -0.15) is 17.4 Å². The molecule has 0 radical (unpaired) electrons. The van der Waals surface area contributed by atoms with E-state index in [0.29, 0.717) is 12.5 Å². The second-order valence-electron chi connectivity index (χ2n) is 4.12. The van der Waals surface area contributed by atoms with Crippen LogP contribution in [0.2, 0.25) is 0 Å². The van der Waals surface area contributed by atoms with E-state index in [0.717, 1.165) is 19.3 Å². The number of piperidine rings is 1. The molecule has 1 saturated heterocycles. The van der Waals surface area contributed by atoms with E-state index in [-0.39, 0.29) is 6.04 Å². The Morgan fingerprint density at radius 1 is 1.47 bits per heavy atom. The molecule has 0 aromatic heterocycles. The molecule has 1 saturated carbocycles. The molecule has 1 heterocycles. The van der Waals surface area contributed by atoms with Gasteiger partial charge in [-0.15, -0.1) is 0 Å². The minimum atomic E-state index is -3.58. The lowest BCUT2D eigenvalue weighted by Gasteiger charge is -2.25. The van der Waals surface area contributed by atoms with Crippen molar-refractivity contribution in [1.29, 1.82) is 0 Å². The van der Waals surface area contributed by atoms with Gasteiger partial charge in [-0.25, -0.2) is 0 Å². The van der Waals surface area contributed by atoms with Gasteiger partial charge in [-0.3, -0.25) is 4.79 Å². The van der Waals surface area contributed by atoms with Crippen molar-refractivity contribution in [3.05, 3.63) is 0 Å². The highest BCUT2D eigenvalue weighted by atomic mass is 32.2. The number of carboxylic acids is 1. The Balaban J connectivity index is 2.00. The zero-order chi connectivity index (χ0) is 11.1. The predicted octanol–water partition coefficient (Wildman–Crippen LogP) is -0.610. The SMILES string of the molecule is O=C(O)CNS(=O)(=O)N1CC2CCC1C2. The first kappa shape index (κ1) is 10.8. The van der Waals surface area contributed by atoms with Gasteiger partial charge >= 0.3 is 5.97 Å². The van der Waals surface area contributed by atoms with Crippen molar-refractivity contribution < 1.29 is 18.3 Å². The van der Waals surface area contributed by atoms with Gasteiger partial charge in [0.15, 0.2) is 0 Å². The Bertz CT molecular complexity index is 367. The number of hydrogen-bond donors (Lipinski definition) is 2. The third-order valence-corrected chi connectivity index (χ3v) is 4.65. The number of hydrogen-bond acceptors (Lipinski definition) is 3. The normalized spacial score (nSPS) is 30.9. The van der Waals surface area contributed by atoms with E-state index in [9.17, 15) is 13.2 Å². The van der Waals surface area contributed by atoms with E-state index < -0.39 is 22.7 Å². The fourth-order valence-corrected chi connectivity index (χ4v) is 3.87. The van der Waals surface area contributed by atoms with Gasteiger partial charge in [0.1, 0.15) is 6.54 Å². The van der Waals surface area contributed by atoms with Gasteiger partial charge in [-0.1, -0.05) is 0 Å². The summed E-state index contributed by atoms with van der Waals surface area (Å²) in [7, 11) is -3.58. The third kappa shape index (κ3) is 2.14. The van der Waals surface area contributed by atoms with Crippen LogP contribution in [0, 0.1) is 5.92 Å². The number of nitrogens with zero attached hydrogens (tertiary/aromatic N) is 1. The monoisotopic (exact) mass is 234 g/mol. The zero-order valence-corrected chi connectivity index (χ0v) is 9.03. The highest BCUT2D eigenvalue weighted by Gasteiger charge is 2.43. The first-order chi connectivity index (χ1) is 6.99. The zero-order valence-electron chi connectivity index (χ0n) is 8.22. The minimum Gasteiger partial charge on any atom is -0.480 e. The van der Waals surface area contributed by atoms with Crippen molar-refractivity contribution in [1.82, 2.24) is 9.03 Å². The Kier molecular flexibility index (Phi) is 2.70. The van der Waals surface area contributed by atoms with E-state index in [1.54, 1.807) is 0 Å². The lowest BCUT2D eigenvalue weighted by molar-refractivity contribution is -0.135. The molecule has 15 heavy (non-hydrogen) atoms. The van der Waals surface area contributed by atoms with Crippen LogP contribution in [-0.2, 0) is 15.0 Å². The van der Waals surface area contributed by atoms with Crippen molar-refractivity contribution in [3.63, 3.8) is 0 Å². The first-order valence-electron chi connectivity index (χ1n) is 4.97. The Morgan fingerprint density at radius 3 is 2.67 bits per heavy atom. The van der Waals surface area contributed by atoms with E-state index >= 15 is 0 Å². The highest BCUT2D eigenvalue weighted by molar-refractivity contribution is 7.87. The number of nitrogens with one attached hydrogen (secondary N) is 1. The van der Waals surface area contributed by atoms with Crippen LogP contribution in [0.5, 0.6) is 0 Å². The van der Waals surface area contributed by atoms with Crippen LogP contribution < -0.4 is 4.72 Å². The van der Waals surface area contributed by atoms with Crippen LogP contribution in [0.25, 0.3) is 0 Å². The Hall–Kier alpha value is -0.660. The molecule has 86 valence electrons. The standard InChI is InChI=1S/C8H14N2O4S/c11-8(12)4-9-15(13,14)10-5-6-1-2-7(10)3-6/h6-7,9H,1-5H2,(H,11,12). The topological polar surface area (TPSA) is 86.7 Å². The van der Waals surface area contributed by atoms with Crippen molar-refractivity contribution in [2.75, 3.05) is 13.1 Å². The number of rotatable bonds is 4. The second-order valence-corrected chi connectivity index (χ2v) is 5.83. The quantitative estimate of drug-likeness (QED) is 0.679. The smallest absolute Gasteiger partial charge is 0.318 e. The molecule has 1 aliphatic carbocycles. The summed E-state index contributed by atoms with van der Waals surface area (Å²) in [5.74, 6) is -0.695. The molecular formula is C8H14N2O4S. The average Bonchev–Trinajstić information content (AvgIpc) is 2.76. The molecule has 0 spiro atoms. The van der Waals surface area contributed by atoms with Crippen molar-refractivity contribution >= 4 is 16.2 Å². The van der Waals surface area contributed by atoms with Crippen LogP contribution in [0.4, 0.5) is 0 Å². The molecule has 7 heteroatoms. The van der Waals surface area contributed by atoms with Crippen LogP contribution in [0.3, 0.4) is 0 Å². The molecule has 2 unspecified atom stereocenters.